The van der Waals surface area contributed by atoms with E-state index in [1.807, 2.05) is 71.9 Å². The summed E-state index contributed by atoms with van der Waals surface area (Å²) in [5.74, 6) is 0.300. The zero-order chi connectivity index (χ0) is 21.3. The number of hydrogen-bond acceptors (Lipinski definition) is 4. The molecule has 0 aliphatic carbocycles. The number of rotatable bonds is 3. The lowest BCUT2D eigenvalue weighted by Crippen LogP contribution is -2.57. The minimum Gasteiger partial charge on any atom is -0.322 e. The zero-order valence-corrected chi connectivity index (χ0v) is 17.8. The molecule has 3 amide bonds. The summed E-state index contributed by atoms with van der Waals surface area (Å²) in [5.41, 5.74) is 2.36. The Balaban J connectivity index is 1.86. The van der Waals surface area contributed by atoms with Gasteiger partial charge in [-0.25, -0.2) is 9.48 Å². The van der Waals surface area contributed by atoms with E-state index in [-0.39, 0.29) is 29.3 Å². The fraction of sp³-hybridized carbons (Fsp3) is 0.476. The van der Waals surface area contributed by atoms with E-state index < -0.39 is 6.29 Å². The normalized spacial score (nSPS) is 22.1. The molecular weight excluding hydrogens is 368 g/mol. The minimum atomic E-state index is -0.543. The molecule has 1 aliphatic rings. The second-order valence-corrected chi connectivity index (χ2v) is 8.71. The largest absolute Gasteiger partial charge is 0.324 e. The Hall–Kier alpha value is -2.87. The number of hydrogen-bond donors (Lipinski definition) is 4. The first-order valence-electron chi connectivity index (χ1n) is 9.86. The van der Waals surface area contributed by atoms with Gasteiger partial charge in [0.25, 0.3) is 0 Å². The average Bonchev–Trinajstić information content (AvgIpc) is 3.03. The van der Waals surface area contributed by atoms with Crippen LogP contribution in [0.2, 0.25) is 0 Å². The van der Waals surface area contributed by atoms with Crippen LogP contribution in [0.1, 0.15) is 52.2 Å². The molecule has 0 bridgehead atoms. The number of nitrogens with zero attached hydrogens (tertiary/aromatic N) is 2. The Labute approximate surface area is 171 Å². The van der Waals surface area contributed by atoms with Crippen LogP contribution in [-0.4, -0.2) is 27.8 Å². The van der Waals surface area contributed by atoms with Crippen molar-refractivity contribution in [3.05, 3.63) is 41.6 Å². The predicted molar refractivity (Wildman–Crippen MR) is 114 cm³/mol. The van der Waals surface area contributed by atoms with Gasteiger partial charge in [-0.1, -0.05) is 39.8 Å². The Morgan fingerprint density at radius 2 is 1.90 bits per heavy atom. The van der Waals surface area contributed by atoms with Crippen molar-refractivity contribution in [2.24, 2.45) is 5.92 Å². The van der Waals surface area contributed by atoms with Crippen molar-refractivity contribution >= 4 is 23.4 Å². The summed E-state index contributed by atoms with van der Waals surface area (Å²) in [6.07, 6.45) is -0.543. The summed E-state index contributed by atoms with van der Waals surface area (Å²) in [7, 11) is 0. The lowest BCUT2D eigenvalue weighted by Gasteiger charge is -2.34. The van der Waals surface area contributed by atoms with Gasteiger partial charge in [-0.05, 0) is 31.5 Å². The van der Waals surface area contributed by atoms with Crippen LogP contribution < -0.4 is 21.3 Å². The number of benzene rings is 1. The number of urea groups is 1. The summed E-state index contributed by atoms with van der Waals surface area (Å²) in [5, 5.41) is 16.6. The number of carbonyl (C=O) groups excluding carboxylic acids is 2. The van der Waals surface area contributed by atoms with Crippen LogP contribution in [-0.2, 0) is 10.2 Å². The Bertz CT molecular complexity index is 914. The standard InChI is InChI=1S/C21H30N6O2/c1-12-8-7-9-15(10-12)23-20(29)24-17-11-16(21(4,5)6)26-27(17)19-22-14(3)13(2)18(28)25-19/h7-11,13-14,19,22H,1-6H3,(H,25,28)(H2,23,24,29). The minimum absolute atomic E-state index is 0.0231. The third-order valence-electron chi connectivity index (χ3n) is 5.13. The van der Waals surface area contributed by atoms with Crippen molar-refractivity contribution < 1.29 is 9.59 Å². The van der Waals surface area contributed by atoms with Crippen molar-refractivity contribution in [3.63, 3.8) is 0 Å². The number of aromatic nitrogens is 2. The predicted octanol–water partition coefficient (Wildman–Crippen LogP) is 3.33. The van der Waals surface area contributed by atoms with Gasteiger partial charge in [0, 0.05) is 23.2 Å². The lowest BCUT2D eigenvalue weighted by atomic mass is 9.92. The molecule has 1 aromatic carbocycles. The van der Waals surface area contributed by atoms with Gasteiger partial charge in [0.2, 0.25) is 5.91 Å². The number of carbonyl (C=O) groups is 2. The van der Waals surface area contributed by atoms with Crippen molar-refractivity contribution in [3.8, 4) is 0 Å². The molecule has 0 saturated carbocycles. The molecule has 2 aromatic rings. The van der Waals surface area contributed by atoms with Gasteiger partial charge in [0.1, 0.15) is 5.82 Å². The second kappa shape index (κ2) is 7.87. The van der Waals surface area contributed by atoms with Crippen molar-refractivity contribution in [1.82, 2.24) is 20.4 Å². The van der Waals surface area contributed by atoms with Crippen LogP contribution in [0.5, 0.6) is 0 Å². The van der Waals surface area contributed by atoms with E-state index >= 15 is 0 Å². The summed E-state index contributed by atoms with van der Waals surface area (Å²) >= 11 is 0. The SMILES string of the molecule is Cc1cccc(NC(=O)Nc2cc(C(C)(C)C)nn2C2NC(=O)C(C)C(C)N2)c1. The van der Waals surface area contributed by atoms with Gasteiger partial charge < -0.3 is 10.6 Å². The topological polar surface area (TPSA) is 100 Å². The molecule has 3 unspecified atom stereocenters. The molecule has 156 valence electrons. The van der Waals surface area contributed by atoms with Gasteiger partial charge in [0.05, 0.1) is 11.6 Å². The first kappa shape index (κ1) is 20.9. The maximum Gasteiger partial charge on any atom is 0.324 e. The maximum absolute atomic E-state index is 12.6. The molecule has 1 fully saturated rings. The van der Waals surface area contributed by atoms with Crippen LogP contribution in [0.4, 0.5) is 16.3 Å². The molecular formula is C21H30N6O2. The molecule has 1 aromatic heterocycles. The zero-order valence-electron chi connectivity index (χ0n) is 17.8. The van der Waals surface area contributed by atoms with E-state index in [9.17, 15) is 9.59 Å². The Morgan fingerprint density at radius 3 is 2.52 bits per heavy atom. The smallest absolute Gasteiger partial charge is 0.322 e. The molecule has 8 heteroatoms. The monoisotopic (exact) mass is 398 g/mol. The fourth-order valence-corrected chi connectivity index (χ4v) is 3.11. The third-order valence-corrected chi connectivity index (χ3v) is 5.13. The summed E-state index contributed by atoms with van der Waals surface area (Å²) in [6.45, 7) is 12.0. The highest BCUT2D eigenvalue weighted by molar-refractivity contribution is 5.99. The molecule has 29 heavy (non-hydrogen) atoms. The van der Waals surface area contributed by atoms with Gasteiger partial charge in [-0.3, -0.25) is 15.4 Å². The first-order valence-corrected chi connectivity index (χ1v) is 9.86. The van der Waals surface area contributed by atoms with E-state index in [4.69, 9.17) is 0 Å². The summed E-state index contributed by atoms with van der Waals surface area (Å²) < 4.78 is 1.62. The first-order chi connectivity index (χ1) is 13.5. The molecule has 3 rings (SSSR count). The maximum atomic E-state index is 12.6. The molecule has 0 radical (unpaired) electrons. The average molecular weight is 399 g/mol. The lowest BCUT2D eigenvalue weighted by molar-refractivity contribution is -0.130. The van der Waals surface area contributed by atoms with Crippen LogP contribution in [0.15, 0.2) is 30.3 Å². The van der Waals surface area contributed by atoms with Gasteiger partial charge >= 0.3 is 6.03 Å². The molecule has 0 spiro atoms. The summed E-state index contributed by atoms with van der Waals surface area (Å²) in [4.78, 5) is 24.9. The van der Waals surface area contributed by atoms with E-state index in [1.165, 1.54) is 0 Å². The summed E-state index contributed by atoms with van der Waals surface area (Å²) in [6, 6.07) is 9.02. The van der Waals surface area contributed by atoms with Crippen LogP contribution in [0.25, 0.3) is 0 Å². The molecule has 2 heterocycles. The van der Waals surface area contributed by atoms with Crippen molar-refractivity contribution in [1.29, 1.82) is 0 Å². The van der Waals surface area contributed by atoms with E-state index in [1.54, 1.807) is 4.68 Å². The van der Waals surface area contributed by atoms with Crippen molar-refractivity contribution in [2.45, 2.75) is 59.3 Å². The molecule has 1 aliphatic heterocycles. The highest BCUT2D eigenvalue weighted by Crippen LogP contribution is 2.27. The van der Waals surface area contributed by atoms with Gasteiger partial charge in [-0.15, -0.1) is 0 Å². The number of nitrogens with one attached hydrogen (secondary N) is 4. The van der Waals surface area contributed by atoms with Gasteiger partial charge in [0.15, 0.2) is 6.29 Å². The molecule has 8 nitrogen and oxygen atoms in total. The van der Waals surface area contributed by atoms with Gasteiger partial charge in [-0.2, -0.15) is 5.10 Å². The number of aryl methyl sites for hydroxylation is 1. The molecule has 1 saturated heterocycles. The Kier molecular flexibility index (Phi) is 5.66. The molecule has 3 atom stereocenters. The number of amides is 3. The highest BCUT2D eigenvalue weighted by Gasteiger charge is 2.33. The van der Waals surface area contributed by atoms with E-state index in [2.05, 4.69) is 26.4 Å². The van der Waals surface area contributed by atoms with Crippen LogP contribution >= 0.6 is 0 Å². The second-order valence-electron chi connectivity index (χ2n) is 8.71. The quantitative estimate of drug-likeness (QED) is 0.637. The highest BCUT2D eigenvalue weighted by atomic mass is 16.2. The van der Waals surface area contributed by atoms with E-state index in [0.717, 1.165) is 11.3 Å². The fourth-order valence-electron chi connectivity index (χ4n) is 3.11. The van der Waals surface area contributed by atoms with Crippen LogP contribution in [0.3, 0.4) is 0 Å². The van der Waals surface area contributed by atoms with E-state index in [0.29, 0.717) is 11.5 Å². The Morgan fingerprint density at radius 1 is 1.17 bits per heavy atom. The van der Waals surface area contributed by atoms with Crippen LogP contribution in [0, 0.1) is 12.8 Å². The molecule has 4 N–H and O–H groups in total. The number of anilines is 2. The third kappa shape index (κ3) is 4.76. The van der Waals surface area contributed by atoms with Crippen molar-refractivity contribution in [2.75, 3.05) is 10.6 Å².